The molecule has 1 fully saturated rings. The Morgan fingerprint density at radius 3 is 2.62 bits per heavy atom. The molecule has 4 nitrogen and oxygen atoms in total. The first-order chi connectivity index (χ1) is 7.66. The van der Waals surface area contributed by atoms with Crippen molar-refractivity contribution in [3.63, 3.8) is 0 Å². The number of nitrogens with one attached hydrogen (secondary N) is 1. The van der Waals surface area contributed by atoms with E-state index in [2.05, 4.69) is 10.2 Å². The Labute approximate surface area is 99.0 Å². The summed E-state index contributed by atoms with van der Waals surface area (Å²) < 4.78 is 0. The van der Waals surface area contributed by atoms with E-state index in [4.69, 9.17) is 0 Å². The van der Waals surface area contributed by atoms with Crippen LogP contribution in [0.5, 0.6) is 0 Å². The van der Waals surface area contributed by atoms with Gasteiger partial charge in [0, 0.05) is 13.1 Å². The largest absolute Gasteiger partial charge is 0.341 e. The first-order valence-corrected chi connectivity index (χ1v) is 6.30. The molecule has 4 heteroatoms. The highest BCUT2D eigenvalue weighted by atomic mass is 16.2. The Balaban J connectivity index is 2.30. The molecule has 1 amide bonds. The van der Waals surface area contributed by atoms with E-state index in [1.165, 1.54) is 12.8 Å². The molecule has 1 rings (SSSR count). The van der Waals surface area contributed by atoms with Crippen LogP contribution in [0.1, 0.15) is 26.2 Å². The standard InChI is InChI=1S/C12H25N3O/c1-11(14(3)8-6-7-13-2)12(16)15-9-4-5-10-15/h11,13H,4-10H2,1-3H3. The molecule has 16 heavy (non-hydrogen) atoms. The number of likely N-dealkylation sites (N-methyl/N-ethyl adjacent to an activating group) is 1. The van der Waals surface area contributed by atoms with Gasteiger partial charge in [-0.2, -0.15) is 0 Å². The second-order valence-corrected chi connectivity index (χ2v) is 4.65. The highest BCUT2D eigenvalue weighted by Gasteiger charge is 2.25. The minimum Gasteiger partial charge on any atom is -0.341 e. The van der Waals surface area contributed by atoms with Gasteiger partial charge < -0.3 is 10.2 Å². The van der Waals surface area contributed by atoms with Crippen LogP contribution in [-0.4, -0.2) is 62.0 Å². The van der Waals surface area contributed by atoms with Gasteiger partial charge in [-0.3, -0.25) is 9.69 Å². The molecule has 1 heterocycles. The molecule has 0 bridgehead atoms. The highest BCUT2D eigenvalue weighted by molar-refractivity contribution is 5.81. The van der Waals surface area contributed by atoms with E-state index in [0.29, 0.717) is 5.91 Å². The number of hydrogen-bond acceptors (Lipinski definition) is 3. The predicted molar refractivity (Wildman–Crippen MR) is 66.4 cm³/mol. The minimum atomic E-state index is 0.0231. The maximum absolute atomic E-state index is 12.1. The molecule has 1 saturated heterocycles. The van der Waals surface area contributed by atoms with Gasteiger partial charge >= 0.3 is 0 Å². The summed E-state index contributed by atoms with van der Waals surface area (Å²) >= 11 is 0. The Kier molecular flexibility index (Phi) is 5.77. The van der Waals surface area contributed by atoms with Crippen molar-refractivity contribution >= 4 is 5.91 Å². The smallest absolute Gasteiger partial charge is 0.239 e. The molecule has 0 aromatic carbocycles. The summed E-state index contributed by atoms with van der Waals surface area (Å²) in [6, 6.07) is 0.0231. The van der Waals surface area contributed by atoms with Crippen molar-refractivity contribution in [3.05, 3.63) is 0 Å². The minimum absolute atomic E-state index is 0.0231. The summed E-state index contributed by atoms with van der Waals surface area (Å²) in [5.41, 5.74) is 0. The van der Waals surface area contributed by atoms with E-state index in [1.54, 1.807) is 0 Å². The van der Waals surface area contributed by atoms with Crippen LogP contribution in [0.2, 0.25) is 0 Å². The Bertz CT molecular complexity index is 214. The first kappa shape index (κ1) is 13.5. The van der Waals surface area contributed by atoms with Crippen molar-refractivity contribution in [2.24, 2.45) is 0 Å². The number of carbonyl (C=O) groups excluding carboxylic acids is 1. The topological polar surface area (TPSA) is 35.6 Å². The lowest BCUT2D eigenvalue weighted by molar-refractivity contribution is -0.134. The molecular formula is C12H25N3O. The number of hydrogen-bond donors (Lipinski definition) is 1. The van der Waals surface area contributed by atoms with Crippen LogP contribution in [0.3, 0.4) is 0 Å². The molecule has 1 atom stereocenters. The highest BCUT2D eigenvalue weighted by Crippen LogP contribution is 2.11. The summed E-state index contributed by atoms with van der Waals surface area (Å²) in [6.07, 6.45) is 3.43. The average molecular weight is 227 g/mol. The van der Waals surface area contributed by atoms with Gasteiger partial charge in [0.05, 0.1) is 6.04 Å². The molecule has 1 aliphatic heterocycles. The van der Waals surface area contributed by atoms with Crippen molar-refractivity contribution in [2.45, 2.75) is 32.2 Å². The lowest BCUT2D eigenvalue weighted by atomic mass is 10.2. The van der Waals surface area contributed by atoms with E-state index >= 15 is 0 Å². The molecule has 0 saturated carbocycles. The molecule has 0 radical (unpaired) electrons. The second kappa shape index (κ2) is 6.86. The Hall–Kier alpha value is -0.610. The van der Waals surface area contributed by atoms with E-state index < -0.39 is 0 Å². The van der Waals surface area contributed by atoms with E-state index in [9.17, 15) is 4.79 Å². The average Bonchev–Trinajstić information content (AvgIpc) is 2.80. The maximum Gasteiger partial charge on any atom is 0.239 e. The fourth-order valence-corrected chi connectivity index (χ4v) is 2.09. The quantitative estimate of drug-likeness (QED) is 0.673. The van der Waals surface area contributed by atoms with Gasteiger partial charge in [-0.25, -0.2) is 0 Å². The fourth-order valence-electron chi connectivity index (χ4n) is 2.09. The van der Waals surface area contributed by atoms with Gasteiger partial charge in [0.25, 0.3) is 0 Å². The summed E-state index contributed by atoms with van der Waals surface area (Å²) in [4.78, 5) is 16.2. The van der Waals surface area contributed by atoms with Crippen molar-refractivity contribution in [1.29, 1.82) is 0 Å². The van der Waals surface area contributed by atoms with E-state index in [1.807, 2.05) is 25.9 Å². The SMILES string of the molecule is CNCCCN(C)C(C)C(=O)N1CCCC1. The van der Waals surface area contributed by atoms with Crippen molar-refractivity contribution in [3.8, 4) is 0 Å². The zero-order valence-corrected chi connectivity index (χ0v) is 10.8. The van der Waals surface area contributed by atoms with Crippen LogP contribution in [-0.2, 0) is 4.79 Å². The molecular weight excluding hydrogens is 202 g/mol. The van der Waals surface area contributed by atoms with Crippen LogP contribution in [0, 0.1) is 0 Å². The Morgan fingerprint density at radius 1 is 1.44 bits per heavy atom. The first-order valence-electron chi connectivity index (χ1n) is 6.30. The summed E-state index contributed by atoms with van der Waals surface area (Å²) in [5, 5.41) is 3.12. The summed E-state index contributed by atoms with van der Waals surface area (Å²) in [6.45, 7) is 5.90. The van der Waals surface area contributed by atoms with Crippen molar-refractivity contribution < 1.29 is 4.79 Å². The van der Waals surface area contributed by atoms with Gasteiger partial charge in [0.1, 0.15) is 0 Å². The molecule has 0 aromatic heterocycles. The van der Waals surface area contributed by atoms with Crippen molar-refractivity contribution in [2.75, 3.05) is 40.3 Å². The normalized spacial score (nSPS) is 18.1. The van der Waals surface area contributed by atoms with Gasteiger partial charge in [-0.05, 0) is 53.4 Å². The van der Waals surface area contributed by atoms with Gasteiger partial charge in [-0.1, -0.05) is 0 Å². The number of amides is 1. The summed E-state index contributed by atoms with van der Waals surface area (Å²) in [7, 11) is 3.99. The molecule has 0 aliphatic carbocycles. The van der Waals surface area contributed by atoms with E-state index in [-0.39, 0.29) is 6.04 Å². The number of nitrogens with zero attached hydrogens (tertiary/aromatic N) is 2. The molecule has 94 valence electrons. The molecule has 0 aromatic rings. The third kappa shape index (κ3) is 3.76. The second-order valence-electron chi connectivity index (χ2n) is 4.65. The van der Waals surface area contributed by atoms with Crippen LogP contribution >= 0.6 is 0 Å². The van der Waals surface area contributed by atoms with Gasteiger partial charge in [0.2, 0.25) is 5.91 Å². The Morgan fingerprint density at radius 2 is 2.06 bits per heavy atom. The van der Waals surface area contributed by atoms with Crippen LogP contribution in [0.25, 0.3) is 0 Å². The van der Waals surface area contributed by atoms with Crippen LogP contribution < -0.4 is 5.32 Å². The predicted octanol–water partition coefficient (Wildman–Crippen LogP) is 0.539. The molecule has 1 unspecified atom stereocenters. The lowest BCUT2D eigenvalue weighted by Crippen LogP contribution is -2.45. The van der Waals surface area contributed by atoms with Crippen molar-refractivity contribution in [1.82, 2.24) is 15.1 Å². The zero-order chi connectivity index (χ0) is 12.0. The fraction of sp³-hybridized carbons (Fsp3) is 0.917. The van der Waals surface area contributed by atoms with Gasteiger partial charge in [-0.15, -0.1) is 0 Å². The third-order valence-corrected chi connectivity index (χ3v) is 3.37. The summed E-state index contributed by atoms with van der Waals surface area (Å²) in [5.74, 6) is 0.296. The van der Waals surface area contributed by atoms with Crippen LogP contribution in [0.4, 0.5) is 0 Å². The monoisotopic (exact) mass is 227 g/mol. The maximum atomic E-state index is 12.1. The number of carbonyl (C=O) groups is 1. The van der Waals surface area contributed by atoms with E-state index in [0.717, 1.165) is 32.6 Å². The third-order valence-electron chi connectivity index (χ3n) is 3.37. The molecule has 0 spiro atoms. The lowest BCUT2D eigenvalue weighted by Gasteiger charge is -2.27. The number of likely N-dealkylation sites (tertiary alicyclic amines) is 1. The zero-order valence-electron chi connectivity index (χ0n) is 10.8. The number of rotatable bonds is 6. The molecule has 1 aliphatic rings. The molecule has 1 N–H and O–H groups in total. The van der Waals surface area contributed by atoms with Gasteiger partial charge in [0.15, 0.2) is 0 Å². The van der Waals surface area contributed by atoms with Crippen LogP contribution in [0.15, 0.2) is 0 Å².